The van der Waals surface area contributed by atoms with Crippen molar-refractivity contribution < 1.29 is 19.1 Å². The number of thioether (sulfide) groups is 1. The minimum Gasteiger partial charge on any atom is -0.478 e. The summed E-state index contributed by atoms with van der Waals surface area (Å²) in [5, 5.41) is 11.7. The van der Waals surface area contributed by atoms with Crippen LogP contribution in [0.1, 0.15) is 16.1 Å². The van der Waals surface area contributed by atoms with Crippen LogP contribution in [0.15, 0.2) is 106 Å². The number of rotatable bonds is 6. The topological polar surface area (TPSA) is 83.1 Å². The standard InChI is InChI=1S/C28H20N2O4S/c1-2-16-30-26(31)25(35-28(30)29-23-9-5-7-18-6-3-4-8-22(18)23)17-21-14-15-24(34-21)19-10-12-20(13-11-19)27(32)33/h2-15,17H,1,16H2,(H,32,33). The van der Waals surface area contributed by atoms with Crippen LogP contribution in [0.4, 0.5) is 5.69 Å². The number of amidine groups is 1. The van der Waals surface area contributed by atoms with E-state index in [-0.39, 0.29) is 11.5 Å². The Hall–Kier alpha value is -4.36. The average Bonchev–Trinajstić information content (AvgIpc) is 3.45. The largest absolute Gasteiger partial charge is 0.478 e. The van der Waals surface area contributed by atoms with E-state index in [1.165, 1.54) is 23.9 Å². The second-order valence-electron chi connectivity index (χ2n) is 7.79. The highest BCUT2D eigenvalue weighted by molar-refractivity contribution is 8.18. The molecule has 0 atom stereocenters. The zero-order valence-corrected chi connectivity index (χ0v) is 19.4. The van der Waals surface area contributed by atoms with Crippen molar-refractivity contribution in [1.82, 2.24) is 4.90 Å². The fourth-order valence-electron chi connectivity index (χ4n) is 3.78. The smallest absolute Gasteiger partial charge is 0.335 e. The first-order chi connectivity index (χ1) is 17.0. The molecule has 5 rings (SSSR count). The lowest BCUT2D eigenvalue weighted by atomic mass is 10.1. The van der Waals surface area contributed by atoms with Crippen LogP contribution >= 0.6 is 11.8 Å². The van der Waals surface area contributed by atoms with Crippen molar-refractivity contribution in [2.75, 3.05) is 6.54 Å². The maximum Gasteiger partial charge on any atom is 0.335 e. The first-order valence-electron chi connectivity index (χ1n) is 10.9. The summed E-state index contributed by atoms with van der Waals surface area (Å²) in [6.45, 7) is 4.12. The van der Waals surface area contributed by atoms with Gasteiger partial charge in [-0.2, -0.15) is 0 Å². The molecule has 0 saturated carbocycles. The number of carboxylic acid groups (broad SMARTS) is 1. The molecular weight excluding hydrogens is 460 g/mol. The van der Waals surface area contributed by atoms with Crippen LogP contribution in [-0.4, -0.2) is 33.6 Å². The van der Waals surface area contributed by atoms with E-state index in [2.05, 4.69) is 6.58 Å². The summed E-state index contributed by atoms with van der Waals surface area (Å²) in [4.78, 5) is 31.1. The Morgan fingerprint density at radius 2 is 1.80 bits per heavy atom. The van der Waals surface area contributed by atoms with Crippen molar-refractivity contribution in [3.8, 4) is 11.3 Å². The fourth-order valence-corrected chi connectivity index (χ4v) is 4.76. The molecule has 2 heterocycles. The Bertz CT molecular complexity index is 1510. The van der Waals surface area contributed by atoms with Crippen molar-refractivity contribution >= 4 is 51.3 Å². The van der Waals surface area contributed by atoms with Crippen molar-refractivity contribution in [2.24, 2.45) is 4.99 Å². The number of hydrogen-bond donors (Lipinski definition) is 1. The predicted octanol–water partition coefficient (Wildman–Crippen LogP) is 6.59. The minimum absolute atomic E-state index is 0.169. The third kappa shape index (κ3) is 4.54. The van der Waals surface area contributed by atoms with E-state index in [0.29, 0.717) is 28.1 Å². The van der Waals surface area contributed by atoms with Crippen LogP contribution in [0, 0.1) is 0 Å². The highest BCUT2D eigenvalue weighted by atomic mass is 32.2. The lowest BCUT2D eigenvalue weighted by Gasteiger charge is -2.13. The van der Waals surface area contributed by atoms with Gasteiger partial charge in [-0.25, -0.2) is 9.79 Å². The summed E-state index contributed by atoms with van der Waals surface area (Å²) in [5.41, 5.74) is 1.74. The summed E-state index contributed by atoms with van der Waals surface area (Å²) in [7, 11) is 0. The van der Waals surface area contributed by atoms with Crippen LogP contribution in [-0.2, 0) is 4.79 Å². The number of carbonyl (C=O) groups excluding carboxylic acids is 1. The zero-order chi connectivity index (χ0) is 24.4. The number of carbonyl (C=O) groups is 2. The molecule has 6 nitrogen and oxygen atoms in total. The van der Waals surface area contributed by atoms with E-state index in [1.807, 2.05) is 42.5 Å². The number of nitrogens with zero attached hydrogens (tertiary/aromatic N) is 2. The van der Waals surface area contributed by atoms with Crippen molar-refractivity contribution in [3.63, 3.8) is 0 Å². The van der Waals surface area contributed by atoms with Crippen molar-refractivity contribution in [3.05, 3.63) is 108 Å². The average molecular weight is 481 g/mol. The van der Waals surface area contributed by atoms with Crippen molar-refractivity contribution in [2.45, 2.75) is 0 Å². The van der Waals surface area contributed by atoms with Gasteiger partial charge < -0.3 is 9.52 Å². The van der Waals surface area contributed by atoms with Crippen LogP contribution in [0.5, 0.6) is 0 Å². The molecule has 0 unspecified atom stereocenters. The molecule has 0 spiro atoms. The molecule has 0 aliphatic carbocycles. The number of aliphatic imine (C=N–C) groups is 1. The van der Waals surface area contributed by atoms with Crippen LogP contribution in [0.25, 0.3) is 28.2 Å². The van der Waals surface area contributed by atoms with Gasteiger partial charge in [0.25, 0.3) is 5.91 Å². The third-order valence-electron chi connectivity index (χ3n) is 5.50. The highest BCUT2D eigenvalue weighted by Crippen LogP contribution is 2.36. The van der Waals surface area contributed by atoms with E-state index in [9.17, 15) is 9.59 Å². The van der Waals surface area contributed by atoms with Crippen LogP contribution in [0.2, 0.25) is 0 Å². The van der Waals surface area contributed by atoms with E-state index < -0.39 is 5.97 Å². The Labute approximate surface area is 205 Å². The van der Waals surface area contributed by atoms with Crippen LogP contribution < -0.4 is 0 Å². The molecule has 3 aromatic carbocycles. The van der Waals surface area contributed by atoms with E-state index in [0.717, 1.165) is 22.0 Å². The van der Waals surface area contributed by atoms with Gasteiger partial charge >= 0.3 is 5.97 Å². The maximum atomic E-state index is 13.2. The lowest BCUT2D eigenvalue weighted by Crippen LogP contribution is -2.29. The molecule has 1 aromatic heterocycles. The summed E-state index contributed by atoms with van der Waals surface area (Å²) >= 11 is 1.29. The number of amides is 1. The fraction of sp³-hybridized carbons (Fsp3) is 0.0357. The first kappa shape index (κ1) is 22.4. The Balaban J connectivity index is 1.45. The normalized spacial score (nSPS) is 15.9. The first-order valence-corrected chi connectivity index (χ1v) is 11.7. The van der Waals surface area contributed by atoms with Crippen molar-refractivity contribution in [1.29, 1.82) is 0 Å². The Kier molecular flexibility index (Phi) is 6.08. The molecule has 1 aliphatic heterocycles. The lowest BCUT2D eigenvalue weighted by molar-refractivity contribution is -0.121. The van der Waals surface area contributed by atoms with Gasteiger partial charge in [-0.3, -0.25) is 9.69 Å². The summed E-state index contributed by atoms with van der Waals surface area (Å²) < 4.78 is 5.92. The molecule has 1 N–H and O–H groups in total. The third-order valence-corrected chi connectivity index (χ3v) is 6.51. The Morgan fingerprint density at radius 1 is 1.03 bits per heavy atom. The number of benzene rings is 3. The number of furan rings is 1. The molecule has 1 amide bonds. The molecule has 1 fully saturated rings. The number of hydrogen-bond acceptors (Lipinski definition) is 5. The monoisotopic (exact) mass is 480 g/mol. The molecule has 0 bridgehead atoms. The van der Waals surface area contributed by atoms with Gasteiger partial charge in [-0.1, -0.05) is 54.6 Å². The maximum absolute atomic E-state index is 13.2. The number of aromatic carboxylic acids is 1. The second-order valence-corrected chi connectivity index (χ2v) is 8.80. The number of fused-ring (bicyclic) bond motifs is 1. The molecule has 0 radical (unpaired) electrons. The van der Waals surface area contributed by atoms with E-state index in [4.69, 9.17) is 14.5 Å². The summed E-state index contributed by atoms with van der Waals surface area (Å²) in [6, 6.07) is 23.9. The van der Waals surface area contributed by atoms with Crippen LogP contribution in [0.3, 0.4) is 0 Å². The van der Waals surface area contributed by atoms with Gasteiger partial charge in [0.15, 0.2) is 5.17 Å². The van der Waals surface area contributed by atoms with Gasteiger partial charge in [0.2, 0.25) is 0 Å². The summed E-state index contributed by atoms with van der Waals surface area (Å²) in [6.07, 6.45) is 3.37. The van der Waals surface area contributed by atoms with Gasteiger partial charge in [0, 0.05) is 23.6 Å². The zero-order valence-electron chi connectivity index (χ0n) is 18.5. The predicted molar refractivity (Wildman–Crippen MR) is 140 cm³/mol. The SMILES string of the molecule is C=CCN1C(=O)C(=Cc2ccc(-c3ccc(C(=O)O)cc3)o2)SC1=Nc1cccc2ccccc12. The number of carboxylic acids is 1. The molecule has 1 saturated heterocycles. The molecule has 172 valence electrons. The molecule has 1 aliphatic rings. The Morgan fingerprint density at radius 3 is 2.57 bits per heavy atom. The highest BCUT2D eigenvalue weighted by Gasteiger charge is 2.33. The minimum atomic E-state index is -0.983. The second kappa shape index (κ2) is 9.48. The molecule has 35 heavy (non-hydrogen) atoms. The molecular formula is C28H20N2O4S. The summed E-state index contributed by atoms with van der Waals surface area (Å²) in [5.74, 6) is -0.0548. The van der Waals surface area contributed by atoms with Gasteiger partial charge in [0.05, 0.1) is 16.2 Å². The molecule has 4 aromatic rings. The van der Waals surface area contributed by atoms with Gasteiger partial charge in [0.1, 0.15) is 11.5 Å². The quantitative estimate of drug-likeness (QED) is 0.249. The van der Waals surface area contributed by atoms with E-state index in [1.54, 1.807) is 41.3 Å². The van der Waals surface area contributed by atoms with Gasteiger partial charge in [-0.05, 0) is 47.5 Å². The van der Waals surface area contributed by atoms with Gasteiger partial charge in [-0.15, -0.1) is 6.58 Å². The molecule has 7 heteroatoms. The van der Waals surface area contributed by atoms with E-state index >= 15 is 0 Å².